The fraction of sp³-hybridized carbons (Fsp3) is 0.618. The molecule has 6 nitrogen and oxygen atoms in total. The fourth-order valence-electron chi connectivity index (χ4n) is 8.13. The van der Waals surface area contributed by atoms with E-state index in [2.05, 4.69) is 0 Å². The van der Waals surface area contributed by atoms with Crippen molar-refractivity contribution >= 4 is 15.8 Å². The zero-order valence-electron chi connectivity index (χ0n) is 27.3. The molecule has 1 heterocycles. The third kappa shape index (κ3) is 6.25. The minimum atomic E-state index is -6.37. The number of halogens is 8. The van der Waals surface area contributed by atoms with Crippen LogP contribution in [-0.2, 0) is 36.2 Å². The summed E-state index contributed by atoms with van der Waals surface area (Å²) in [7, 11) is -4.64. The van der Waals surface area contributed by atoms with Crippen molar-refractivity contribution in [1.29, 1.82) is 0 Å². The molecule has 0 radical (unpaired) electrons. The number of aliphatic hydroxyl groups excluding tert-OH is 1. The van der Waals surface area contributed by atoms with Crippen LogP contribution in [0.25, 0.3) is 0 Å². The number of esters is 1. The summed E-state index contributed by atoms with van der Waals surface area (Å²) >= 11 is 0. The summed E-state index contributed by atoms with van der Waals surface area (Å²) in [5.74, 6) is -2.26. The average molecular weight is 726 g/mol. The lowest BCUT2D eigenvalue weighted by molar-refractivity contribution is -0.348. The van der Waals surface area contributed by atoms with E-state index < -0.39 is 78.6 Å². The number of sulfone groups is 1. The lowest BCUT2D eigenvalue weighted by Gasteiger charge is -2.46. The van der Waals surface area contributed by atoms with Crippen LogP contribution in [0.3, 0.4) is 0 Å². The lowest BCUT2D eigenvalue weighted by Crippen LogP contribution is -2.55. The van der Waals surface area contributed by atoms with Gasteiger partial charge in [-0.1, -0.05) is 31.2 Å². The maximum Gasteiger partial charge on any atom is 0.435 e. The van der Waals surface area contributed by atoms with Gasteiger partial charge in [0.05, 0.1) is 10.8 Å². The van der Waals surface area contributed by atoms with Gasteiger partial charge in [0.15, 0.2) is 9.84 Å². The molecule has 2 aliphatic carbocycles. The molecule has 0 aromatic heterocycles. The highest BCUT2D eigenvalue weighted by molar-refractivity contribution is 7.92. The predicted molar refractivity (Wildman–Crippen MR) is 162 cm³/mol. The van der Waals surface area contributed by atoms with Crippen LogP contribution in [-0.4, -0.2) is 61.2 Å². The normalized spacial score (nSPS) is 27.7. The second-order valence-corrected chi connectivity index (χ2v) is 16.7. The number of rotatable bonds is 6. The molecule has 2 aromatic carbocycles. The van der Waals surface area contributed by atoms with E-state index in [0.717, 1.165) is 30.3 Å². The topological polar surface area (TPSA) is 83.9 Å². The highest BCUT2D eigenvalue weighted by Gasteiger charge is 2.74. The Balaban J connectivity index is 1.55. The summed E-state index contributed by atoms with van der Waals surface area (Å²) in [4.78, 5) is 14.0. The number of ether oxygens (including phenoxy) is 1. The van der Waals surface area contributed by atoms with E-state index in [1.54, 1.807) is 25.7 Å². The average Bonchev–Trinajstić information content (AvgIpc) is 3.39. The van der Waals surface area contributed by atoms with Gasteiger partial charge in [-0.2, -0.15) is 26.3 Å². The minimum Gasteiger partial charge on any atom is -0.460 e. The summed E-state index contributed by atoms with van der Waals surface area (Å²) in [6.45, 7) is 7.10. The number of aryl methyl sites for hydroxylation is 1. The van der Waals surface area contributed by atoms with Crippen LogP contribution in [0.4, 0.5) is 35.1 Å². The van der Waals surface area contributed by atoms with Crippen molar-refractivity contribution in [2.24, 2.45) is 17.8 Å². The number of nitrogens with zero attached hydrogens (tertiary/aromatic N) is 1. The first-order chi connectivity index (χ1) is 22.5. The van der Waals surface area contributed by atoms with E-state index in [-0.39, 0.29) is 48.8 Å². The maximum absolute atomic E-state index is 15.1. The van der Waals surface area contributed by atoms with Gasteiger partial charge >= 0.3 is 24.0 Å². The van der Waals surface area contributed by atoms with Gasteiger partial charge in [-0.25, -0.2) is 17.2 Å². The van der Waals surface area contributed by atoms with Crippen LogP contribution in [0.1, 0.15) is 76.5 Å². The molecule has 2 aromatic rings. The smallest absolute Gasteiger partial charge is 0.435 e. The predicted octanol–water partition coefficient (Wildman–Crippen LogP) is 7.52. The van der Waals surface area contributed by atoms with Crippen molar-refractivity contribution in [3.05, 3.63) is 65.0 Å². The number of aliphatic hydroxyl groups is 1. The quantitative estimate of drug-likeness (QED) is 0.245. The summed E-state index contributed by atoms with van der Waals surface area (Å²) < 4.78 is 144. The van der Waals surface area contributed by atoms with Gasteiger partial charge in [0, 0.05) is 18.2 Å². The third-order valence-corrected chi connectivity index (χ3v) is 12.9. The van der Waals surface area contributed by atoms with E-state index in [1.807, 2.05) is 6.92 Å². The highest BCUT2D eigenvalue weighted by atomic mass is 32.2. The number of hydrogen-bond donors (Lipinski definition) is 1. The Labute approximate surface area is 279 Å². The number of alkyl halides is 7. The molecule has 1 saturated heterocycles. The Bertz CT molecular complexity index is 1670. The van der Waals surface area contributed by atoms with Crippen LogP contribution in [0, 0.1) is 23.6 Å². The first-order valence-electron chi connectivity index (χ1n) is 16.1. The third-order valence-electron chi connectivity index (χ3n) is 10.4. The summed E-state index contributed by atoms with van der Waals surface area (Å²) in [5, 5.41) is 11.8. The van der Waals surface area contributed by atoms with Crippen LogP contribution < -0.4 is 0 Å². The van der Waals surface area contributed by atoms with Gasteiger partial charge in [0.25, 0.3) is 0 Å². The number of carbonyl (C=O) groups is 1. The van der Waals surface area contributed by atoms with Crippen LogP contribution >= 0.6 is 0 Å². The van der Waals surface area contributed by atoms with Gasteiger partial charge in [0.2, 0.25) is 0 Å². The zero-order chi connectivity index (χ0) is 36.5. The van der Waals surface area contributed by atoms with Crippen LogP contribution in [0.15, 0.2) is 47.4 Å². The molecule has 1 N–H and O–H groups in total. The zero-order valence-corrected chi connectivity index (χ0v) is 28.2. The Morgan fingerprint density at radius 2 is 1.63 bits per heavy atom. The van der Waals surface area contributed by atoms with Crippen molar-refractivity contribution in [1.82, 2.24) is 4.90 Å². The molecule has 6 atom stereocenters. The summed E-state index contributed by atoms with van der Waals surface area (Å²) in [6, 6.07) is 4.61. The minimum absolute atomic E-state index is 0.0277. The summed E-state index contributed by atoms with van der Waals surface area (Å²) in [6.07, 6.45) is -13.3. The van der Waals surface area contributed by atoms with Gasteiger partial charge in [-0.05, 0) is 100 Å². The van der Waals surface area contributed by atoms with E-state index in [1.165, 1.54) is 0 Å². The number of carbonyl (C=O) groups excluding carboxylic acids is 1. The molecule has 5 rings (SSSR count). The largest absolute Gasteiger partial charge is 0.460 e. The first-order valence-corrected chi connectivity index (χ1v) is 17.6. The molecule has 0 amide bonds. The van der Waals surface area contributed by atoms with Crippen molar-refractivity contribution in [3.8, 4) is 0 Å². The molecular weight excluding hydrogens is 686 g/mol. The second-order valence-electron chi connectivity index (χ2n) is 14.5. The first kappa shape index (κ1) is 37.5. The van der Waals surface area contributed by atoms with Gasteiger partial charge in [-0.3, -0.25) is 9.69 Å². The SMILES string of the molecule is C[C@H]1CC(C(O)N2CCC3(S(=O)(=O)c4cccc(F)c4)c4ccc(C(F)(C(F)(F)F)C(F)(F)F)cc4CCC23)CC[C@H]1C(=O)OC(C)(C)C. The molecule has 4 unspecified atom stereocenters. The van der Waals surface area contributed by atoms with E-state index in [9.17, 15) is 49.1 Å². The number of hydrogen-bond acceptors (Lipinski definition) is 6. The van der Waals surface area contributed by atoms with Crippen LogP contribution in [0.5, 0.6) is 0 Å². The van der Waals surface area contributed by atoms with Crippen molar-refractivity contribution in [2.45, 2.75) is 112 Å². The molecule has 0 spiro atoms. The molecule has 272 valence electrons. The van der Waals surface area contributed by atoms with Gasteiger partial charge < -0.3 is 9.84 Å². The molecular formula is C34H39F8NO5S. The monoisotopic (exact) mass is 725 g/mol. The van der Waals surface area contributed by atoms with Crippen molar-refractivity contribution in [3.63, 3.8) is 0 Å². The van der Waals surface area contributed by atoms with E-state index in [4.69, 9.17) is 4.74 Å². The fourth-order valence-corrected chi connectivity index (χ4v) is 10.5. The Morgan fingerprint density at radius 1 is 0.980 bits per heavy atom. The highest BCUT2D eigenvalue weighted by Crippen LogP contribution is 2.57. The van der Waals surface area contributed by atoms with Gasteiger partial charge in [-0.15, -0.1) is 0 Å². The van der Waals surface area contributed by atoms with Crippen molar-refractivity contribution < 1.29 is 58.2 Å². The van der Waals surface area contributed by atoms with Gasteiger partial charge in [0.1, 0.15) is 22.4 Å². The Kier molecular flexibility index (Phi) is 9.53. The number of likely N-dealkylation sites (tertiary alicyclic amines) is 1. The molecule has 3 aliphatic rings. The number of fused-ring (bicyclic) bond motifs is 3. The van der Waals surface area contributed by atoms with E-state index >= 15 is 4.39 Å². The Morgan fingerprint density at radius 3 is 2.20 bits per heavy atom. The van der Waals surface area contributed by atoms with E-state index in [0.29, 0.717) is 31.4 Å². The molecule has 0 bridgehead atoms. The molecule has 49 heavy (non-hydrogen) atoms. The molecule has 2 fully saturated rings. The standard InChI is InChI=1S/C34H39F8NO5S/c1-19-16-21(8-11-25(19)29(45)48-30(2,3)4)28(44)43-15-14-31(49(46,47)24-7-5-6-23(35)18-24)26-12-10-22(17-20(26)9-13-27(31)43)32(36,33(37,38)39)34(40,41)42/h5-7,10,12,17-19,21,25,27-28,44H,8-9,11,13-16H2,1-4H3/t19-,21?,25+,27?,28?,31?/m0/s1. The Hall–Kier alpha value is -2.78. The molecule has 1 aliphatic heterocycles. The van der Waals surface area contributed by atoms with Crippen molar-refractivity contribution in [2.75, 3.05) is 6.54 Å². The second kappa shape index (κ2) is 12.5. The number of benzene rings is 2. The lowest BCUT2D eigenvalue weighted by atomic mass is 9.73. The molecule has 15 heteroatoms. The summed E-state index contributed by atoms with van der Waals surface area (Å²) in [5.41, 5.74) is -8.48. The molecule has 1 saturated carbocycles. The maximum atomic E-state index is 15.1. The van der Waals surface area contributed by atoms with Crippen LogP contribution in [0.2, 0.25) is 0 Å².